The molecular weight excluding hydrogens is 198 g/mol. The van der Waals surface area contributed by atoms with Gasteiger partial charge in [0.2, 0.25) is 0 Å². The lowest BCUT2D eigenvalue weighted by atomic mass is 10.3. The van der Waals surface area contributed by atoms with Gasteiger partial charge in [0, 0.05) is 17.5 Å². The molecule has 0 unspecified atom stereocenters. The van der Waals surface area contributed by atoms with Crippen LogP contribution in [0.1, 0.15) is 6.92 Å². The Labute approximate surface area is 86.9 Å². The van der Waals surface area contributed by atoms with Gasteiger partial charge in [0.05, 0.1) is 5.03 Å². The summed E-state index contributed by atoms with van der Waals surface area (Å²) >= 11 is 1.52. The van der Waals surface area contributed by atoms with Crippen molar-refractivity contribution in [3.63, 3.8) is 0 Å². The first-order valence-corrected chi connectivity index (χ1v) is 5.12. The molecule has 0 amide bonds. The van der Waals surface area contributed by atoms with Crippen LogP contribution in [0, 0.1) is 0 Å². The predicted molar refractivity (Wildman–Crippen MR) is 56.4 cm³/mol. The second-order valence-electron chi connectivity index (χ2n) is 2.67. The second kappa shape index (κ2) is 5.44. The fourth-order valence-corrected chi connectivity index (χ4v) is 1.59. The number of carboxylic acids is 1. The van der Waals surface area contributed by atoms with Crippen molar-refractivity contribution in [3.8, 4) is 0 Å². The molecule has 14 heavy (non-hydrogen) atoms. The maximum Gasteiger partial charge on any atom is 0.330 e. The van der Waals surface area contributed by atoms with Gasteiger partial charge < -0.3 is 5.11 Å². The van der Waals surface area contributed by atoms with E-state index in [1.807, 2.05) is 18.2 Å². The van der Waals surface area contributed by atoms with Crippen LogP contribution in [0.4, 0.5) is 0 Å². The number of aliphatic carboxylic acids is 1. The zero-order chi connectivity index (χ0) is 10.4. The van der Waals surface area contributed by atoms with Crippen LogP contribution in [0.5, 0.6) is 0 Å². The first-order valence-electron chi connectivity index (χ1n) is 4.14. The number of thioether (sulfide) groups is 1. The van der Waals surface area contributed by atoms with Gasteiger partial charge in [-0.15, -0.1) is 11.8 Å². The number of pyridine rings is 1. The van der Waals surface area contributed by atoms with Crippen LogP contribution in [-0.2, 0) is 4.79 Å². The van der Waals surface area contributed by atoms with Crippen molar-refractivity contribution in [2.75, 3.05) is 5.75 Å². The Bertz CT molecular complexity index is 335. The molecule has 1 rings (SSSR count). The molecule has 0 spiro atoms. The van der Waals surface area contributed by atoms with Gasteiger partial charge in [-0.3, -0.25) is 0 Å². The minimum absolute atomic E-state index is 0.369. The largest absolute Gasteiger partial charge is 0.478 e. The first-order chi connectivity index (χ1) is 6.70. The average Bonchev–Trinajstić information content (AvgIpc) is 2.19. The lowest BCUT2D eigenvalue weighted by Crippen LogP contribution is -1.96. The van der Waals surface area contributed by atoms with E-state index in [0.29, 0.717) is 11.3 Å². The zero-order valence-electron chi connectivity index (χ0n) is 7.80. The van der Waals surface area contributed by atoms with Crippen LogP contribution in [0.15, 0.2) is 41.1 Å². The molecule has 74 valence electrons. The SMILES string of the molecule is CC(=CCSc1ccccn1)C(=O)O. The number of rotatable bonds is 4. The van der Waals surface area contributed by atoms with Crippen LogP contribution in [0.2, 0.25) is 0 Å². The highest BCUT2D eigenvalue weighted by Gasteiger charge is 1.98. The molecule has 3 nitrogen and oxygen atoms in total. The molecule has 1 aromatic rings. The van der Waals surface area contributed by atoms with Gasteiger partial charge in [-0.2, -0.15) is 0 Å². The van der Waals surface area contributed by atoms with E-state index in [9.17, 15) is 4.79 Å². The summed E-state index contributed by atoms with van der Waals surface area (Å²) in [7, 11) is 0. The van der Waals surface area contributed by atoms with E-state index < -0.39 is 5.97 Å². The topological polar surface area (TPSA) is 50.2 Å². The number of nitrogens with zero attached hydrogens (tertiary/aromatic N) is 1. The third kappa shape index (κ3) is 3.62. The number of carboxylic acid groups (broad SMARTS) is 1. The monoisotopic (exact) mass is 209 g/mol. The molecule has 0 fully saturated rings. The van der Waals surface area contributed by atoms with E-state index in [2.05, 4.69) is 4.98 Å². The average molecular weight is 209 g/mol. The quantitative estimate of drug-likeness (QED) is 0.610. The van der Waals surface area contributed by atoms with Crippen molar-refractivity contribution in [1.82, 2.24) is 4.98 Å². The molecule has 1 N–H and O–H groups in total. The molecule has 1 heterocycles. The maximum absolute atomic E-state index is 10.4. The lowest BCUT2D eigenvalue weighted by Gasteiger charge is -1.96. The molecular formula is C10H11NO2S. The maximum atomic E-state index is 10.4. The van der Waals surface area contributed by atoms with Gasteiger partial charge in [0.25, 0.3) is 0 Å². The standard InChI is InChI=1S/C10H11NO2S/c1-8(10(12)13)5-7-14-9-4-2-3-6-11-9/h2-6H,7H2,1H3,(H,12,13). The van der Waals surface area contributed by atoms with Gasteiger partial charge in [-0.25, -0.2) is 9.78 Å². The third-order valence-corrected chi connectivity index (χ3v) is 2.47. The molecule has 0 aromatic carbocycles. The van der Waals surface area contributed by atoms with Crippen molar-refractivity contribution in [1.29, 1.82) is 0 Å². The van der Waals surface area contributed by atoms with Crippen LogP contribution >= 0.6 is 11.8 Å². The van der Waals surface area contributed by atoms with Crippen LogP contribution in [-0.4, -0.2) is 21.8 Å². The molecule has 1 aromatic heterocycles. The number of carbonyl (C=O) groups is 1. The minimum Gasteiger partial charge on any atom is -0.478 e. The van der Waals surface area contributed by atoms with Crippen LogP contribution in [0.25, 0.3) is 0 Å². The highest BCUT2D eigenvalue weighted by atomic mass is 32.2. The Balaban J connectivity index is 2.43. The summed E-state index contributed by atoms with van der Waals surface area (Å²) in [5.41, 5.74) is 0.369. The summed E-state index contributed by atoms with van der Waals surface area (Å²) in [4.78, 5) is 14.6. The molecule has 0 saturated heterocycles. The fourth-order valence-electron chi connectivity index (χ4n) is 0.772. The molecule has 0 radical (unpaired) electrons. The highest BCUT2D eigenvalue weighted by Crippen LogP contribution is 2.14. The summed E-state index contributed by atoms with van der Waals surface area (Å²) in [6.07, 6.45) is 3.40. The van der Waals surface area contributed by atoms with Crippen molar-refractivity contribution in [2.24, 2.45) is 0 Å². The summed E-state index contributed by atoms with van der Waals surface area (Å²) < 4.78 is 0. The smallest absolute Gasteiger partial charge is 0.330 e. The fraction of sp³-hybridized carbons (Fsp3) is 0.200. The summed E-state index contributed by atoms with van der Waals surface area (Å²) in [6.45, 7) is 1.58. The van der Waals surface area contributed by atoms with Gasteiger partial charge in [0.15, 0.2) is 0 Å². The Kier molecular flexibility index (Phi) is 4.19. The molecule has 0 atom stereocenters. The van der Waals surface area contributed by atoms with E-state index >= 15 is 0 Å². The lowest BCUT2D eigenvalue weighted by molar-refractivity contribution is -0.132. The summed E-state index contributed by atoms with van der Waals surface area (Å²) in [6, 6.07) is 5.65. The Morgan fingerprint density at radius 2 is 2.43 bits per heavy atom. The van der Waals surface area contributed by atoms with Gasteiger partial charge >= 0.3 is 5.97 Å². The predicted octanol–water partition coefficient (Wildman–Crippen LogP) is 2.20. The Morgan fingerprint density at radius 3 is 3.00 bits per heavy atom. The number of hydrogen-bond acceptors (Lipinski definition) is 3. The van der Waals surface area contributed by atoms with Gasteiger partial charge in [-0.05, 0) is 19.1 Å². The van der Waals surface area contributed by atoms with E-state index in [4.69, 9.17) is 5.11 Å². The molecule has 0 aliphatic heterocycles. The highest BCUT2D eigenvalue weighted by molar-refractivity contribution is 7.99. The molecule has 0 aliphatic rings. The van der Waals surface area contributed by atoms with Gasteiger partial charge in [-0.1, -0.05) is 12.1 Å². The number of hydrogen-bond donors (Lipinski definition) is 1. The summed E-state index contributed by atoms with van der Waals surface area (Å²) in [5, 5.41) is 9.49. The Morgan fingerprint density at radius 1 is 1.64 bits per heavy atom. The molecule has 0 saturated carbocycles. The van der Waals surface area contributed by atoms with Gasteiger partial charge in [0.1, 0.15) is 0 Å². The molecule has 4 heteroatoms. The van der Waals surface area contributed by atoms with Crippen LogP contribution < -0.4 is 0 Å². The molecule has 0 bridgehead atoms. The zero-order valence-corrected chi connectivity index (χ0v) is 8.62. The van der Waals surface area contributed by atoms with Crippen molar-refractivity contribution < 1.29 is 9.90 Å². The summed E-state index contributed by atoms with van der Waals surface area (Å²) in [5.74, 6) is -0.235. The number of aromatic nitrogens is 1. The van der Waals surface area contributed by atoms with E-state index in [1.54, 1.807) is 19.2 Å². The van der Waals surface area contributed by atoms with Crippen molar-refractivity contribution in [2.45, 2.75) is 11.9 Å². The normalized spacial score (nSPS) is 11.4. The first kappa shape index (κ1) is 10.8. The Hall–Kier alpha value is -1.29. The van der Waals surface area contributed by atoms with E-state index in [-0.39, 0.29) is 0 Å². The van der Waals surface area contributed by atoms with E-state index in [1.165, 1.54) is 11.8 Å². The molecule has 0 aliphatic carbocycles. The van der Waals surface area contributed by atoms with Crippen molar-refractivity contribution in [3.05, 3.63) is 36.0 Å². The third-order valence-electron chi connectivity index (χ3n) is 1.60. The van der Waals surface area contributed by atoms with Crippen molar-refractivity contribution >= 4 is 17.7 Å². The van der Waals surface area contributed by atoms with Crippen LogP contribution in [0.3, 0.4) is 0 Å². The van der Waals surface area contributed by atoms with E-state index in [0.717, 1.165) is 5.03 Å². The second-order valence-corrected chi connectivity index (χ2v) is 3.71. The minimum atomic E-state index is -0.869.